The van der Waals surface area contributed by atoms with Crippen LogP contribution in [0.4, 0.5) is 0 Å². The van der Waals surface area contributed by atoms with E-state index in [1.807, 2.05) is 7.05 Å². The number of hydrogen-bond acceptors (Lipinski definition) is 5. The molecule has 0 saturated carbocycles. The van der Waals surface area contributed by atoms with E-state index >= 15 is 0 Å². The number of hydrogen-bond donors (Lipinski definition) is 1. The number of nitrogens with zero attached hydrogens (tertiary/aromatic N) is 1. The summed E-state index contributed by atoms with van der Waals surface area (Å²) in [6.45, 7) is 4.94. The van der Waals surface area contributed by atoms with Gasteiger partial charge in [-0.2, -0.15) is 0 Å². The van der Waals surface area contributed by atoms with E-state index in [0.29, 0.717) is 17.2 Å². The van der Waals surface area contributed by atoms with E-state index in [-0.39, 0.29) is 24.5 Å². The van der Waals surface area contributed by atoms with Crippen LogP contribution in [0.5, 0.6) is 5.95 Å². The summed E-state index contributed by atoms with van der Waals surface area (Å²) in [6.07, 6.45) is 0.981. The molecular formula is C17H18ClNO4. The van der Waals surface area contributed by atoms with Gasteiger partial charge in [0, 0.05) is 42.1 Å². The molecule has 0 radical (unpaired) electrons. The minimum Gasteiger partial charge on any atom is -0.425 e. The number of esters is 1. The fraction of sp³-hybridized carbons (Fsp3) is 0.353. The molecule has 122 valence electrons. The smallest absolute Gasteiger partial charge is 0.341 e. The normalized spacial score (nSPS) is 14.7. The van der Waals surface area contributed by atoms with Gasteiger partial charge in [-0.15, -0.1) is 0 Å². The van der Waals surface area contributed by atoms with Crippen molar-refractivity contribution in [3.05, 3.63) is 40.4 Å². The molecule has 0 fully saturated rings. The van der Waals surface area contributed by atoms with Crippen molar-refractivity contribution in [3.8, 4) is 5.95 Å². The monoisotopic (exact) mass is 335 g/mol. The molecule has 3 rings (SSSR count). The maximum Gasteiger partial charge on any atom is 0.341 e. The number of carbonyl (C=O) groups is 1. The molecule has 1 aliphatic rings. The summed E-state index contributed by atoms with van der Waals surface area (Å²) in [5.74, 6) is -0.407. The van der Waals surface area contributed by atoms with Crippen molar-refractivity contribution in [1.82, 2.24) is 4.90 Å². The largest absolute Gasteiger partial charge is 0.425 e. The molecule has 1 aliphatic heterocycles. The summed E-state index contributed by atoms with van der Waals surface area (Å²) in [6, 6.07) is 3.59. The van der Waals surface area contributed by atoms with Gasteiger partial charge < -0.3 is 19.2 Å². The van der Waals surface area contributed by atoms with E-state index in [4.69, 9.17) is 25.9 Å². The van der Waals surface area contributed by atoms with Gasteiger partial charge in [-0.1, -0.05) is 18.2 Å². The summed E-state index contributed by atoms with van der Waals surface area (Å²) < 4.78 is 11.1. The Kier molecular flexibility index (Phi) is 4.43. The molecule has 1 aromatic heterocycles. The van der Waals surface area contributed by atoms with E-state index < -0.39 is 5.97 Å². The number of aliphatic hydroxyl groups excluding tert-OH is 1. The van der Waals surface area contributed by atoms with Crippen LogP contribution in [0, 0.1) is 0 Å². The molecule has 0 unspecified atom stereocenters. The fourth-order valence-electron chi connectivity index (χ4n) is 2.80. The number of likely N-dealkylation sites (N-methyl/N-ethyl adjacent to an activating group) is 1. The van der Waals surface area contributed by atoms with Gasteiger partial charge in [0.15, 0.2) is 0 Å². The van der Waals surface area contributed by atoms with Crippen molar-refractivity contribution in [2.75, 3.05) is 20.2 Å². The Bertz CT molecular complexity index is 780. The molecule has 0 amide bonds. The number of furan rings is 1. The van der Waals surface area contributed by atoms with Gasteiger partial charge >= 0.3 is 5.97 Å². The van der Waals surface area contributed by atoms with E-state index in [0.717, 1.165) is 29.5 Å². The fourth-order valence-corrected chi connectivity index (χ4v) is 3.05. The Morgan fingerprint density at radius 2 is 2.26 bits per heavy atom. The molecule has 2 aromatic rings. The Hall–Kier alpha value is -1.82. The van der Waals surface area contributed by atoms with Crippen molar-refractivity contribution in [1.29, 1.82) is 0 Å². The quantitative estimate of drug-likeness (QED) is 0.687. The van der Waals surface area contributed by atoms with Crippen LogP contribution in [0.15, 0.2) is 28.7 Å². The van der Waals surface area contributed by atoms with Gasteiger partial charge in [0.2, 0.25) is 0 Å². The summed E-state index contributed by atoms with van der Waals surface area (Å²) in [4.78, 5) is 14.2. The van der Waals surface area contributed by atoms with Gasteiger partial charge in [0.25, 0.3) is 5.95 Å². The topological polar surface area (TPSA) is 62.9 Å². The summed E-state index contributed by atoms with van der Waals surface area (Å²) in [5, 5.41) is 10.5. The van der Waals surface area contributed by atoms with Gasteiger partial charge in [-0.3, -0.25) is 0 Å². The lowest BCUT2D eigenvalue weighted by molar-refractivity contribution is -0.131. The van der Waals surface area contributed by atoms with Gasteiger partial charge in [0.1, 0.15) is 5.58 Å². The number of carbonyl (C=O) groups excluding carboxylic acids is 1. The van der Waals surface area contributed by atoms with Crippen LogP contribution < -0.4 is 4.74 Å². The maximum absolute atomic E-state index is 12.1. The Morgan fingerprint density at radius 3 is 3.00 bits per heavy atom. The van der Waals surface area contributed by atoms with Gasteiger partial charge in [-0.05, 0) is 31.2 Å². The number of ether oxygens (including phenoxy) is 1. The third-order valence-electron chi connectivity index (χ3n) is 4.03. The SMILES string of the molecule is C=C(CCO)C(=O)Oc1oc2ccc(Cl)c3c2c1CN(C)CC3. The number of benzene rings is 1. The van der Waals surface area contributed by atoms with Crippen LogP contribution >= 0.6 is 11.6 Å². The molecule has 0 atom stereocenters. The molecule has 2 heterocycles. The number of halogens is 1. The second-order valence-corrected chi connectivity index (χ2v) is 6.13. The Morgan fingerprint density at radius 1 is 1.48 bits per heavy atom. The minimum absolute atomic E-state index is 0.149. The van der Waals surface area contributed by atoms with Crippen LogP contribution in [0.25, 0.3) is 11.0 Å². The second kappa shape index (κ2) is 6.35. The van der Waals surface area contributed by atoms with Gasteiger partial charge in [0.05, 0.1) is 5.56 Å². The zero-order valence-electron chi connectivity index (χ0n) is 12.9. The molecular weight excluding hydrogens is 318 g/mol. The minimum atomic E-state index is -0.589. The summed E-state index contributed by atoms with van der Waals surface area (Å²) in [5.41, 5.74) is 2.71. The lowest BCUT2D eigenvalue weighted by atomic mass is 10.0. The van der Waals surface area contributed by atoms with Crippen molar-refractivity contribution in [2.45, 2.75) is 19.4 Å². The highest BCUT2D eigenvalue weighted by atomic mass is 35.5. The predicted octanol–water partition coefficient (Wildman–Crippen LogP) is 2.92. The highest BCUT2D eigenvalue weighted by Gasteiger charge is 2.26. The average Bonchev–Trinajstić information content (AvgIpc) is 2.73. The van der Waals surface area contributed by atoms with Crippen LogP contribution in [-0.4, -0.2) is 36.2 Å². The van der Waals surface area contributed by atoms with Crippen molar-refractivity contribution >= 4 is 28.5 Å². The predicted molar refractivity (Wildman–Crippen MR) is 87.7 cm³/mol. The highest BCUT2D eigenvalue weighted by Crippen LogP contribution is 2.39. The van der Waals surface area contributed by atoms with Crippen LogP contribution in [0.1, 0.15) is 17.5 Å². The van der Waals surface area contributed by atoms with Crippen LogP contribution in [-0.2, 0) is 17.8 Å². The first-order valence-electron chi connectivity index (χ1n) is 7.43. The molecule has 6 heteroatoms. The van der Waals surface area contributed by atoms with Crippen LogP contribution in [0.3, 0.4) is 0 Å². The number of aliphatic hydroxyl groups is 1. The first-order chi connectivity index (χ1) is 11.0. The zero-order chi connectivity index (χ0) is 16.6. The molecule has 0 saturated heterocycles. The van der Waals surface area contributed by atoms with E-state index in [2.05, 4.69) is 11.5 Å². The Balaban J connectivity index is 2.04. The molecule has 0 aliphatic carbocycles. The second-order valence-electron chi connectivity index (χ2n) is 5.72. The van der Waals surface area contributed by atoms with E-state index in [9.17, 15) is 4.79 Å². The van der Waals surface area contributed by atoms with Crippen LogP contribution in [0.2, 0.25) is 5.02 Å². The van der Waals surface area contributed by atoms with E-state index in [1.165, 1.54) is 0 Å². The lowest BCUT2D eigenvalue weighted by Gasteiger charge is -2.13. The van der Waals surface area contributed by atoms with Crippen molar-refractivity contribution < 1.29 is 19.1 Å². The van der Waals surface area contributed by atoms with Crippen molar-refractivity contribution in [2.24, 2.45) is 0 Å². The number of rotatable bonds is 4. The van der Waals surface area contributed by atoms with Gasteiger partial charge in [-0.25, -0.2) is 4.79 Å². The third-order valence-corrected chi connectivity index (χ3v) is 4.38. The van der Waals surface area contributed by atoms with Crippen molar-refractivity contribution in [3.63, 3.8) is 0 Å². The molecule has 0 spiro atoms. The first kappa shape index (κ1) is 16.1. The molecule has 5 nitrogen and oxygen atoms in total. The lowest BCUT2D eigenvalue weighted by Crippen LogP contribution is -2.19. The molecule has 0 bridgehead atoms. The third kappa shape index (κ3) is 3.00. The molecule has 1 aromatic carbocycles. The zero-order valence-corrected chi connectivity index (χ0v) is 13.7. The molecule has 1 N–H and O–H groups in total. The standard InChI is InChI=1S/C17H18ClNO4/c1-10(6-8-20)16(21)23-17-12-9-19(2)7-5-11-13(18)3-4-14(22-17)15(11)12/h3-4,20H,1,5-9H2,2H3. The maximum atomic E-state index is 12.1. The average molecular weight is 336 g/mol. The summed E-state index contributed by atoms with van der Waals surface area (Å²) >= 11 is 6.33. The van der Waals surface area contributed by atoms with E-state index in [1.54, 1.807) is 12.1 Å². The molecule has 23 heavy (non-hydrogen) atoms. The first-order valence-corrected chi connectivity index (χ1v) is 7.81. The Labute approximate surface area is 139 Å². The summed E-state index contributed by atoms with van der Waals surface area (Å²) in [7, 11) is 1.99. The highest BCUT2D eigenvalue weighted by molar-refractivity contribution is 6.32.